The van der Waals surface area contributed by atoms with E-state index in [1.807, 2.05) is 0 Å². The second-order valence-corrected chi connectivity index (χ2v) is 7.17. The minimum atomic E-state index is 0.233. The van der Waals surface area contributed by atoms with Gasteiger partial charge in [0.05, 0.1) is 0 Å². The Labute approximate surface area is 115 Å². The van der Waals surface area contributed by atoms with Crippen LogP contribution in [0.25, 0.3) is 0 Å². The van der Waals surface area contributed by atoms with E-state index >= 15 is 0 Å². The first-order valence-electron chi connectivity index (χ1n) is 7.86. The number of hydrogen-bond acceptors (Lipinski definition) is 2. The first kappa shape index (κ1) is 16.0. The highest BCUT2D eigenvalue weighted by molar-refractivity contribution is 4.86. The number of piperidine rings is 1. The topological polar surface area (TPSA) is 15.3 Å². The third-order valence-corrected chi connectivity index (χ3v) is 4.38. The molecular formula is C16H34N2. The fourth-order valence-electron chi connectivity index (χ4n) is 3.03. The number of rotatable bonds is 5. The van der Waals surface area contributed by atoms with Crippen molar-refractivity contribution in [3.05, 3.63) is 0 Å². The van der Waals surface area contributed by atoms with E-state index < -0.39 is 0 Å². The molecule has 0 saturated carbocycles. The Kier molecular flexibility index (Phi) is 6.13. The smallest absolute Gasteiger partial charge is 0.0223 e. The molecule has 1 heterocycles. The van der Waals surface area contributed by atoms with Crippen molar-refractivity contribution in [1.29, 1.82) is 0 Å². The predicted molar refractivity (Wildman–Crippen MR) is 81.0 cm³/mol. The predicted octanol–water partition coefficient (Wildman–Crippen LogP) is 3.66. The average molecular weight is 254 g/mol. The Morgan fingerprint density at radius 1 is 1.28 bits per heavy atom. The molecule has 1 fully saturated rings. The summed E-state index contributed by atoms with van der Waals surface area (Å²) in [4.78, 5) is 2.76. The molecule has 0 spiro atoms. The molecule has 1 aliphatic rings. The maximum absolute atomic E-state index is 3.70. The van der Waals surface area contributed by atoms with E-state index in [0.29, 0.717) is 6.04 Å². The monoisotopic (exact) mass is 254 g/mol. The highest BCUT2D eigenvalue weighted by Gasteiger charge is 2.30. The molecule has 108 valence electrons. The van der Waals surface area contributed by atoms with Crippen LogP contribution in [-0.4, -0.2) is 35.6 Å². The summed E-state index contributed by atoms with van der Waals surface area (Å²) in [5, 5.41) is 3.70. The number of likely N-dealkylation sites (tertiary alicyclic amines) is 1. The lowest BCUT2D eigenvalue weighted by Crippen LogP contribution is -2.53. The van der Waals surface area contributed by atoms with Crippen molar-refractivity contribution in [3.63, 3.8) is 0 Å². The Balaban J connectivity index is 2.59. The first-order valence-corrected chi connectivity index (χ1v) is 7.86. The molecule has 1 aliphatic heterocycles. The van der Waals surface area contributed by atoms with Gasteiger partial charge < -0.3 is 5.32 Å². The molecule has 1 N–H and O–H groups in total. The van der Waals surface area contributed by atoms with Crippen LogP contribution in [0.15, 0.2) is 0 Å². The molecule has 0 amide bonds. The molecule has 0 aromatic heterocycles. The van der Waals surface area contributed by atoms with Gasteiger partial charge in [-0.3, -0.25) is 4.90 Å². The van der Waals surface area contributed by atoms with Crippen LogP contribution >= 0.6 is 0 Å². The van der Waals surface area contributed by atoms with Crippen molar-refractivity contribution < 1.29 is 0 Å². The van der Waals surface area contributed by atoms with E-state index in [1.165, 1.54) is 32.2 Å². The molecule has 1 saturated heterocycles. The van der Waals surface area contributed by atoms with Gasteiger partial charge in [0.15, 0.2) is 0 Å². The summed E-state index contributed by atoms with van der Waals surface area (Å²) in [6.45, 7) is 16.4. The molecule has 18 heavy (non-hydrogen) atoms. The molecule has 2 nitrogen and oxygen atoms in total. The lowest BCUT2D eigenvalue weighted by Gasteiger charge is -2.44. The van der Waals surface area contributed by atoms with Gasteiger partial charge in [0.2, 0.25) is 0 Å². The first-order chi connectivity index (χ1) is 8.35. The highest BCUT2D eigenvalue weighted by Crippen LogP contribution is 2.26. The molecule has 0 bridgehead atoms. The van der Waals surface area contributed by atoms with Gasteiger partial charge in [-0.1, -0.05) is 20.3 Å². The second-order valence-electron chi connectivity index (χ2n) is 7.17. The van der Waals surface area contributed by atoms with Gasteiger partial charge in [-0.25, -0.2) is 0 Å². The second kappa shape index (κ2) is 6.91. The Morgan fingerprint density at radius 2 is 1.94 bits per heavy atom. The van der Waals surface area contributed by atoms with Crippen LogP contribution in [0, 0.1) is 5.92 Å². The third kappa shape index (κ3) is 4.89. The van der Waals surface area contributed by atoms with Gasteiger partial charge in [-0.15, -0.1) is 0 Å². The van der Waals surface area contributed by atoms with Crippen LogP contribution < -0.4 is 5.32 Å². The Hall–Kier alpha value is -0.0800. The molecule has 1 rings (SSSR count). The van der Waals surface area contributed by atoms with E-state index in [-0.39, 0.29) is 5.54 Å². The summed E-state index contributed by atoms with van der Waals surface area (Å²) < 4.78 is 0. The summed E-state index contributed by atoms with van der Waals surface area (Å²) in [7, 11) is 0. The van der Waals surface area contributed by atoms with E-state index in [2.05, 4.69) is 51.8 Å². The van der Waals surface area contributed by atoms with Crippen LogP contribution in [0.3, 0.4) is 0 Å². The van der Waals surface area contributed by atoms with Crippen LogP contribution in [0.2, 0.25) is 0 Å². The minimum Gasteiger partial charge on any atom is -0.311 e. The minimum absolute atomic E-state index is 0.233. The van der Waals surface area contributed by atoms with Gasteiger partial charge in [0.25, 0.3) is 0 Å². The zero-order valence-electron chi connectivity index (χ0n) is 13.4. The van der Waals surface area contributed by atoms with E-state index in [1.54, 1.807) is 0 Å². The van der Waals surface area contributed by atoms with Gasteiger partial charge in [0, 0.05) is 24.2 Å². The molecule has 0 aromatic rings. The van der Waals surface area contributed by atoms with Crippen molar-refractivity contribution in [2.24, 2.45) is 5.92 Å². The quantitative estimate of drug-likeness (QED) is 0.805. The molecular weight excluding hydrogens is 220 g/mol. The fraction of sp³-hybridized carbons (Fsp3) is 1.00. The number of hydrogen-bond donors (Lipinski definition) is 1. The Morgan fingerprint density at radius 3 is 2.50 bits per heavy atom. The van der Waals surface area contributed by atoms with Crippen molar-refractivity contribution in [1.82, 2.24) is 10.2 Å². The zero-order valence-corrected chi connectivity index (χ0v) is 13.4. The van der Waals surface area contributed by atoms with Crippen molar-refractivity contribution in [2.75, 3.05) is 13.1 Å². The standard InChI is InChI=1S/C16H34N2/c1-7-9-15(12-17-16(4,5)6)18-11-8-10-13(2)14(18)3/h13-15,17H,7-12H2,1-6H3. The van der Waals surface area contributed by atoms with Gasteiger partial charge in [-0.2, -0.15) is 0 Å². The summed E-state index contributed by atoms with van der Waals surface area (Å²) in [5.74, 6) is 0.854. The van der Waals surface area contributed by atoms with Crippen molar-refractivity contribution in [2.45, 2.75) is 84.8 Å². The van der Waals surface area contributed by atoms with Gasteiger partial charge in [-0.05, 0) is 59.4 Å². The van der Waals surface area contributed by atoms with Crippen LogP contribution in [0.5, 0.6) is 0 Å². The fourth-order valence-corrected chi connectivity index (χ4v) is 3.03. The SMILES string of the molecule is CCCC(CNC(C)(C)C)N1CCCC(C)C1C. The van der Waals surface area contributed by atoms with Gasteiger partial charge in [0.1, 0.15) is 0 Å². The maximum atomic E-state index is 3.70. The van der Waals surface area contributed by atoms with Crippen LogP contribution in [0.1, 0.15) is 67.2 Å². The summed E-state index contributed by atoms with van der Waals surface area (Å²) >= 11 is 0. The highest BCUT2D eigenvalue weighted by atomic mass is 15.2. The molecule has 0 aliphatic carbocycles. The number of nitrogens with zero attached hydrogens (tertiary/aromatic N) is 1. The third-order valence-electron chi connectivity index (χ3n) is 4.38. The molecule has 3 atom stereocenters. The van der Waals surface area contributed by atoms with E-state index in [0.717, 1.165) is 18.5 Å². The van der Waals surface area contributed by atoms with Crippen molar-refractivity contribution >= 4 is 0 Å². The van der Waals surface area contributed by atoms with Crippen LogP contribution in [0.4, 0.5) is 0 Å². The summed E-state index contributed by atoms with van der Waals surface area (Å²) in [6, 6.07) is 1.46. The zero-order chi connectivity index (χ0) is 13.8. The summed E-state index contributed by atoms with van der Waals surface area (Å²) in [5.41, 5.74) is 0.233. The average Bonchev–Trinajstić information content (AvgIpc) is 2.27. The largest absolute Gasteiger partial charge is 0.311 e. The molecule has 2 heteroatoms. The van der Waals surface area contributed by atoms with E-state index in [4.69, 9.17) is 0 Å². The summed E-state index contributed by atoms with van der Waals surface area (Å²) in [6.07, 6.45) is 5.39. The lowest BCUT2D eigenvalue weighted by molar-refractivity contribution is 0.0603. The Bertz CT molecular complexity index is 232. The molecule has 3 unspecified atom stereocenters. The molecule has 0 radical (unpaired) electrons. The van der Waals surface area contributed by atoms with E-state index in [9.17, 15) is 0 Å². The van der Waals surface area contributed by atoms with Crippen LogP contribution in [-0.2, 0) is 0 Å². The normalized spacial score (nSPS) is 28.3. The maximum Gasteiger partial charge on any atom is 0.0223 e. The molecule has 0 aromatic carbocycles. The lowest BCUT2D eigenvalue weighted by atomic mass is 9.90. The van der Waals surface area contributed by atoms with Crippen molar-refractivity contribution in [3.8, 4) is 0 Å². The number of nitrogens with one attached hydrogen (secondary N) is 1. The van der Waals surface area contributed by atoms with Gasteiger partial charge >= 0.3 is 0 Å².